The number of nitrogens with zero attached hydrogens (tertiary/aromatic N) is 3. The smallest absolute Gasteiger partial charge is 0.256 e. The van der Waals surface area contributed by atoms with Crippen LogP contribution in [0.1, 0.15) is 21.6 Å². The lowest BCUT2D eigenvalue weighted by Crippen LogP contribution is -2.48. The normalized spacial score (nSPS) is 14.5. The molecule has 0 unspecified atom stereocenters. The molecule has 0 bridgehead atoms. The van der Waals surface area contributed by atoms with E-state index in [2.05, 4.69) is 61.8 Å². The van der Waals surface area contributed by atoms with Gasteiger partial charge in [0.2, 0.25) is 0 Å². The van der Waals surface area contributed by atoms with Gasteiger partial charge in [-0.1, -0.05) is 48.5 Å². The molecule has 34 heavy (non-hydrogen) atoms. The molecule has 0 saturated carbocycles. The Morgan fingerprint density at radius 1 is 0.941 bits per heavy atom. The van der Waals surface area contributed by atoms with Crippen LogP contribution in [-0.4, -0.2) is 53.6 Å². The minimum absolute atomic E-state index is 0.0842. The maximum atomic E-state index is 13.9. The lowest BCUT2D eigenvalue weighted by molar-refractivity contribution is 0.0629. The van der Waals surface area contributed by atoms with Crippen LogP contribution in [0.25, 0.3) is 16.6 Å². The number of fused-ring (bicyclic) bond motifs is 1. The Morgan fingerprint density at radius 3 is 2.24 bits per heavy atom. The highest BCUT2D eigenvalue weighted by Crippen LogP contribution is 2.37. The Morgan fingerprint density at radius 2 is 1.59 bits per heavy atom. The number of hydrogen-bond donors (Lipinski definition) is 0. The lowest BCUT2D eigenvalue weighted by atomic mass is 10.1. The van der Waals surface area contributed by atoms with Gasteiger partial charge in [0.1, 0.15) is 5.75 Å². The number of carbonyl (C=O) groups excluding carboxylic acids is 1. The van der Waals surface area contributed by atoms with Crippen molar-refractivity contribution in [3.05, 3.63) is 94.1 Å². The Kier molecular flexibility index (Phi) is 6.44. The number of ether oxygens (including phenoxy) is 1. The van der Waals surface area contributed by atoms with Crippen LogP contribution in [0.5, 0.6) is 5.75 Å². The van der Waals surface area contributed by atoms with Gasteiger partial charge in [-0.3, -0.25) is 9.69 Å². The lowest BCUT2D eigenvalue weighted by Gasteiger charge is -2.35. The molecule has 174 valence electrons. The Balaban J connectivity index is 1.47. The number of methoxy groups -OCH3 is 1. The highest BCUT2D eigenvalue weighted by atomic mass is 79.9. The molecular weight excluding hydrogens is 490 g/mol. The van der Waals surface area contributed by atoms with Gasteiger partial charge in [-0.25, -0.2) is 0 Å². The summed E-state index contributed by atoms with van der Waals surface area (Å²) in [6, 6.07) is 24.7. The van der Waals surface area contributed by atoms with Gasteiger partial charge in [0.05, 0.1) is 22.7 Å². The van der Waals surface area contributed by atoms with Crippen molar-refractivity contribution in [2.75, 3.05) is 33.3 Å². The standard InChI is InChI=1S/C28H28BrN3O2/c1-20-27(28(33)31-15-13-30(14-16-31)19-21-9-5-3-6-10-21)23-17-26(34-2)24(29)18-25(23)32(20)22-11-7-4-8-12-22/h3-12,17-18H,13-16,19H2,1-2H3. The molecular formula is C28H28BrN3O2. The molecule has 0 radical (unpaired) electrons. The molecule has 1 fully saturated rings. The van der Waals surface area contributed by atoms with Crippen molar-refractivity contribution in [3.8, 4) is 11.4 Å². The fraction of sp³-hybridized carbons (Fsp3) is 0.250. The van der Waals surface area contributed by atoms with Crippen molar-refractivity contribution in [1.82, 2.24) is 14.4 Å². The number of para-hydroxylation sites is 1. The van der Waals surface area contributed by atoms with Crippen LogP contribution in [-0.2, 0) is 6.54 Å². The van der Waals surface area contributed by atoms with E-state index in [1.807, 2.05) is 48.2 Å². The van der Waals surface area contributed by atoms with E-state index in [9.17, 15) is 4.79 Å². The summed E-state index contributed by atoms with van der Waals surface area (Å²) in [6.45, 7) is 6.12. The highest BCUT2D eigenvalue weighted by molar-refractivity contribution is 9.10. The quantitative estimate of drug-likeness (QED) is 0.342. The number of amides is 1. The average Bonchev–Trinajstić information content (AvgIpc) is 3.15. The summed E-state index contributed by atoms with van der Waals surface area (Å²) >= 11 is 3.63. The summed E-state index contributed by atoms with van der Waals surface area (Å²) in [5, 5.41) is 0.915. The first-order valence-electron chi connectivity index (χ1n) is 11.6. The number of aromatic nitrogens is 1. The fourth-order valence-corrected chi connectivity index (χ4v) is 5.35. The van der Waals surface area contributed by atoms with Crippen molar-refractivity contribution in [2.24, 2.45) is 0 Å². The van der Waals surface area contributed by atoms with Gasteiger partial charge in [-0.15, -0.1) is 0 Å². The zero-order valence-corrected chi connectivity index (χ0v) is 21.1. The largest absolute Gasteiger partial charge is 0.496 e. The molecule has 5 nitrogen and oxygen atoms in total. The summed E-state index contributed by atoms with van der Waals surface area (Å²) in [5.41, 5.74) is 5.03. The highest BCUT2D eigenvalue weighted by Gasteiger charge is 2.28. The number of hydrogen-bond acceptors (Lipinski definition) is 3. The Bertz CT molecular complexity index is 1310. The zero-order valence-electron chi connectivity index (χ0n) is 19.5. The molecule has 3 aromatic carbocycles. The van der Waals surface area contributed by atoms with Gasteiger partial charge in [-0.2, -0.15) is 0 Å². The summed E-state index contributed by atoms with van der Waals surface area (Å²) in [5.74, 6) is 0.806. The number of rotatable bonds is 5. The molecule has 1 saturated heterocycles. The van der Waals surface area contributed by atoms with Gasteiger partial charge < -0.3 is 14.2 Å². The maximum Gasteiger partial charge on any atom is 0.256 e. The van der Waals surface area contributed by atoms with Crippen molar-refractivity contribution >= 4 is 32.7 Å². The summed E-state index contributed by atoms with van der Waals surface area (Å²) in [6.07, 6.45) is 0. The minimum atomic E-state index is 0.0842. The van der Waals surface area contributed by atoms with Crippen LogP contribution >= 0.6 is 15.9 Å². The van der Waals surface area contributed by atoms with E-state index >= 15 is 0 Å². The zero-order chi connectivity index (χ0) is 23.7. The van der Waals surface area contributed by atoms with E-state index < -0.39 is 0 Å². The Labute approximate surface area is 208 Å². The summed E-state index contributed by atoms with van der Waals surface area (Å²) in [4.78, 5) is 18.3. The van der Waals surface area contributed by atoms with E-state index in [0.29, 0.717) is 0 Å². The summed E-state index contributed by atoms with van der Waals surface area (Å²) < 4.78 is 8.60. The predicted molar refractivity (Wildman–Crippen MR) is 140 cm³/mol. The van der Waals surface area contributed by atoms with E-state index in [0.717, 1.165) is 70.8 Å². The molecule has 6 heteroatoms. The first-order chi connectivity index (χ1) is 16.6. The molecule has 5 rings (SSSR count). The van der Waals surface area contributed by atoms with Gasteiger partial charge >= 0.3 is 0 Å². The van der Waals surface area contributed by atoms with E-state index in [4.69, 9.17) is 4.74 Å². The van der Waals surface area contributed by atoms with Crippen LogP contribution in [0, 0.1) is 6.92 Å². The van der Waals surface area contributed by atoms with Crippen molar-refractivity contribution in [2.45, 2.75) is 13.5 Å². The third-order valence-electron chi connectivity index (χ3n) is 6.61. The topological polar surface area (TPSA) is 37.7 Å². The number of halogens is 1. The van der Waals surface area contributed by atoms with Gasteiger partial charge in [0.15, 0.2) is 0 Å². The predicted octanol–water partition coefficient (Wildman–Crippen LogP) is 5.67. The molecule has 2 heterocycles. The second kappa shape index (κ2) is 9.65. The van der Waals surface area contributed by atoms with Crippen molar-refractivity contribution in [1.29, 1.82) is 0 Å². The van der Waals surface area contributed by atoms with E-state index in [1.165, 1.54) is 5.56 Å². The number of carbonyl (C=O) groups is 1. The third-order valence-corrected chi connectivity index (χ3v) is 7.23. The molecule has 4 aromatic rings. The summed E-state index contributed by atoms with van der Waals surface area (Å²) in [7, 11) is 1.65. The monoisotopic (exact) mass is 517 g/mol. The van der Waals surface area contributed by atoms with Crippen LogP contribution in [0.4, 0.5) is 0 Å². The van der Waals surface area contributed by atoms with Crippen LogP contribution < -0.4 is 4.74 Å². The third kappa shape index (κ3) is 4.24. The minimum Gasteiger partial charge on any atom is -0.496 e. The molecule has 1 amide bonds. The van der Waals surface area contributed by atoms with E-state index in [-0.39, 0.29) is 5.91 Å². The van der Waals surface area contributed by atoms with Crippen LogP contribution in [0.2, 0.25) is 0 Å². The molecule has 0 spiro atoms. The van der Waals surface area contributed by atoms with Crippen LogP contribution in [0.3, 0.4) is 0 Å². The van der Waals surface area contributed by atoms with Crippen molar-refractivity contribution < 1.29 is 9.53 Å². The molecule has 1 aliphatic heterocycles. The molecule has 0 N–H and O–H groups in total. The van der Waals surface area contributed by atoms with Gasteiger partial charge in [0.25, 0.3) is 5.91 Å². The molecule has 1 aromatic heterocycles. The maximum absolute atomic E-state index is 13.9. The average molecular weight is 518 g/mol. The fourth-order valence-electron chi connectivity index (χ4n) is 4.86. The Hall–Kier alpha value is -3.09. The van der Waals surface area contributed by atoms with Crippen LogP contribution in [0.15, 0.2) is 77.3 Å². The number of piperazine rings is 1. The molecule has 0 aliphatic carbocycles. The number of benzene rings is 3. The second-order valence-corrected chi connectivity index (χ2v) is 9.54. The first kappa shape index (κ1) is 22.7. The second-order valence-electron chi connectivity index (χ2n) is 8.69. The van der Waals surface area contributed by atoms with Gasteiger partial charge in [-0.05, 0) is 52.7 Å². The first-order valence-corrected chi connectivity index (χ1v) is 12.4. The van der Waals surface area contributed by atoms with E-state index in [1.54, 1.807) is 7.11 Å². The van der Waals surface area contributed by atoms with Crippen molar-refractivity contribution in [3.63, 3.8) is 0 Å². The SMILES string of the molecule is COc1cc2c(C(=O)N3CCN(Cc4ccccc4)CC3)c(C)n(-c3ccccc3)c2cc1Br. The molecule has 1 aliphatic rings. The molecule has 0 atom stereocenters. The van der Waals surface area contributed by atoms with Gasteiger partial charge in [0, 0.05) is 49.5 Å².